The van der Waals surface area contributed by atoms with Crippen LogP contribution in [0.1, 0.15) is 18.5 Å². The molecule has 2 nitrogen and oxygen atoms in total. The van der Waals surface area contributed by atoms with Crippen molar-refractivity contribution >= 4 is 0 Å². The first kappa shape index (κ1) is 7.74. The molecule has 1 radical (unpaired) electrons. The highest BCUT2D eigenvalue weighted by Gasteiger charge is 2.34. The highest BCUT2D eigenvalue weighted by Crippen LogP contribution is 2.41. The molecule has 1 aromatic rings. The Morgan fingerprint density at radius 2 is 2.33 bits per heavy atom. The van der Waals surface area contributed by atoms with E-state index in [1.807, 2.05) is 18.2 Å². The third-order valence-electron chi connectivity index (χ3n) is 2.09. The van der Waals surface area contributed by atoms with E-state index in [1.54, 1.807) is 13.3 Å². The number of ether oxygens (including phenoxy) is 1. The van der Waals surface area contributed by atoms with Crippen molar-refractivity contribution < 1.29 is 4.74 Å². The van der Waals surface area contributed by atoms with E-state index in [9.17, 15) is 0 Å². The van der Waals surface area contributed by atoms with Gasteiger partial charge < -0.3 is 4.74 Å². The average Bonchev–Trinajstić information content (AvgIpc) is 2.92. The molecule has 0 N–H and O–H groups in total. The van der Waals surface area contributed by atoms with Crippen LogP contribution < -0.4 is 0 Å². The second-order valence-corrected chi connectivity index (χ2v) is 3.06. The van der Waals surface area contributed by atoms with E-state index >= 15 is 0 Å². The smallest absolute Gasteiger partial charge is 0.147 e. The van der Waals surface area contributed by atoms with Gasteiger partial charge in [-0.15, -0.1) is 0 Å². The topological polar surface area (TPSA) is 22.1 Å². The van der Waals surface area contributed by atoms with Crippen molar-refractivity contribution in [1.82, 2.24) is 4.98 Å². The van der Waals surface area contributed by atoms with Crippen molar-refractivity contribution in [3.63, 3.8) is 0 Å². The van der Waals surface area contributed by atoms with Crippen LogP contribution in [-0.2, 0) is 4.74 Å². The largest absolute Gasteiger partial charge is 0.368 e. The van der Waals surface area contributed by atoms with Gasteiger partial charge in [0.2, 0.25) is 0 Å². The van der Waals surface area contributed by atoms with Gasteiger partial charge in [0.25, 0.3) is 0 Å². The fourth-order valence-corrected chi connectivity index (χ4v) is 1.33. The van der Waals surface area contributed by atoms with Gasteiger partial charge in [-0.05, 0) is 30.9 Å². The van der Waals surface area contributed by atoms with Gasteiger partial charge in [-0.2, -0.15) is 0 Å². The molecule has 0 aromatic carbocycles. The maximum Gasteiger partial charge on any atom is 0.147 e. The molecule has 0 unspecified atom stereocenters. The van der Waals surface area contributed by atoms with E-state index < -0.39 is 0 Å². The number of aromatic nitrogens is 1. The van der Waals surface area contributed by atoms with E-state index in [4.69, 9.17) is 4.74 Å². The minimum atomic E-state index is 0.630. The SMILES string of the molecule is CO[C](c1ccccn1)C1CC1. The predicted molar refractivity (Wildman–Crippen MR) is 46.3 cm³/mol. The summed E-state index contributed by atoms with van der Waals surface area (Å²) in [7, 11) is 1.72. The van der Waals surface area contributed by atoms with E-state index in [1.165, 1.54) is 12.8 Å². The quantitative estimate of drug-likeness (QED) is 0.678. The molecule has 0 aliphatic heterocycles. The average molecular weight is 162 g/mol. The van der Waals surface area contributed by atoms with Crippen molar-refractivity contribution in [2.75, 3.05) is 7.11 Å². The predicted octanol–water partition coefficient (Wildman–Crippen LogP) is 2.02. The molecule has 1 aromatic heterocycles. The van der Waals surface area contributed by atoms with Gasteiger partial charge in [-0.1, -0.05) is 6.07 Å². The van der Waals surface area contributed by atoms with Crippen LogP contribution in [0.4, 0.5) is 0 Å². The number of methoxy groups -OCH3 is 1. The molecule has 0 atom stereocenters. The number of rotatable bonds is 3. The zero-order chi connectivity index (χ0) is 8.39. The Morgan fingerprint density at radius 3 is 2.83 bits per heavy atom. The molecule has 63 valence electrons. The fourth-order valence-electron chi connectivity index (χ4n) is 1.33. The van der Waals surface area contributed by atoms with Crippen LogP contribution in [0.5, 0.6) is 0 Å². The van der Waals surface area contributed by atoms with Gasteiger partial charge in [-0.25, -0.2) is 0 Å². The standard InChI is InChI=1S/C10H12NO/c1-12-10(8-5-6-8)9-4-2-3-7-11-9/h2-4,7-8H,5-6H2,1H3. The van der Waals surface area contributed by atoms with Crippen molar-refractivity contribution in [3.8, 4) is 0 Å². The molecule has 0 spiro atoms. The summed E-state index contributed by atoms with van der Waals surface area (Å²) < 4.78 is 5.31. The monoisotopic (exact) mass is 162 g/mol. The molecule has 0 amide bonds. The maximum absolute atomic E-state index is 5.31. The van der Waals surface area contributed by atoms with Crippen LogP contribution in [0.15, 0.2) is 24.4 Å². The molecule has 12 heavy (non-hydrogen) atoms. The van der Waals surface area contributed by atoms with E-state index in [0.29, 0.717) is 5.92 Å². The number of hydrogen-bond acceptors (Lipinski definition) is 2. The lowest BCUT2D eigenvalue weighted by molar-refractivity contribution is 0.205. The highest BCUT2D eigenvalue weighted by atomic mass is 16.5. The minimum Gasteiger partial charge on any atom is -0.368 e. The zero-order valence-corrected chi connectivity index (χ0v) is 7.16. The number of pyridine rings is 1. The Bertz CT molecular complexity index is 243. The number of hydrogen-bond donors (Lipinski definition) is 0. The fraction of sp³-hybridized carbons (Fsp3) is 0.400. The lowest BCUT2D eigenvalue weighted by Crippen LogP contribution is -2.06. The molecule has 2 heteroatoms. The second kappa shape index (κ2) is 3.23. The van der Waals surface area contributed by atoms with E-state index in [-0.39, 0.29) is 0 Å². The molecule has 1 saturated carbocycles. The Hall–Kier alpha value is -0.890. The second-order valence-electron chi connectivity index (χ2n) is 3.06. The summed E-state index contributed by atoms with van der Waals surface area (Å²) in [6.45, 7) is 0. The van der Waals surface area contributed by atoms with Gasteiger partial charge in [0.1, 0.15) is 6.10 Å². The minimum absolute atomic E-state index is 0.630. The van der Waals surface area contributed by atoms with Crippen LogP contribution in [0.3, 0.4) is 0 Å². The summed E-state index contributed by atoms with van der Waals surface area (Å²) in [5.74, 6) is 0.630. The molecule has 1 aliphatic carbocycles. The summed E-state index contributed by atoms with van der Waals surface area (Å²) in [5, 5.41) is 0. The van der Waals surface area contributed by atoms with Crippen molar-refractivity contribution in [2.45, 2.75) is 12.8 Å². The number of nitrogens with zero attached hydrogens (tertiary/aromatic N) is 1. The van der Waals surface area contributed by atoms with E-state index in [0.717, 1.165) is 11.8 Å². The maximum atomic E-state index is 5.31. The first-order valence-corrected chi connectivity index (χ1v) is 4.24. The highest BCUT2D eigenvalue weighted by molar-refractivity contribution is 5.22. The van der Waals surface area contributed by atoms with Gasteiger partial charge in [0.05, 0.1) is 5.69 Å². The summed E-state index contributed by atoms with van der Waals surface area (Å²) in [6, 6.07) is 5.91. The van der Waals surface area contributed by atoms with Crippen molar-refractivity contribution in [3.05, 3.63) is 36.2 Å². The Labute approximate surface area is 72.6 Å². The van der Waals surface area contributed by atoms with Gasteiger partial charge in [0.15, 0.2) is 0 Å². The molecule has 1 aliphatic rings. The lowest BCUT2D eigenvalue weighted by Gasteiger charge is -2.11. The van der Waals surface area contributed by atoms with Crippen LogP contribution in [0.25, 0.3) is 0 Å². The molecular formula is C10H12NO. The summed E-state index contributed by atoms with van der Waals surface area (Å²) in [4.78, 5) is 4.25. The molecule has 0 saturated heterocycles. The van der Waals surface area contributed by atoms with Crippen LogP contribution in [0, 0.1) is 12.0 Å². The third-order valence-corrected chi connectivity index (χ3v) is 2.09. The lowest BCUT2D eigenvalue weighted by atomic mass is 10.1. The molecule has 1 fully saturated rings. The van der Waals surface area contributed by atoms with Crippen LogP contribution in [0.2, 0.25) is 0 Å². The van der Waals surface area contributed by atoms with Gasteiger partial charge >= 0.3 is 0 Å². The first-order valence-electron chi connectivity index (χ1n) is 4.24. The molecular weight excluding hydrogens is 150 g/mol. The summed E-state index contributed by atoms with van der Waals surface area (Å²) >= 11 is 0. The Morgan fingerprint density at radius 1 is 1.50 bits per heavy atom. The van der Waals surface area contributed by atoms with Gasteiger partial charge in [-0.3, -0.25) is 4.98 Å². The summed E-state index contributed by atoms with van der Waals surface area (Å²) in [6.07, 6.45) is 5.35. The van der Waals surface area contributed by atoms with Gasteiger partial charge in [0, 0.05) is 13.3 Å². The zero-order valence-electron chi connectivity index (χ0n) is 7.16. The van der Waals surface area contributed by atoms with E-state index in [2.05, 4.69) is 4.98 Å². The van der Waals surface area contributed by atoms with Crippen molar-refractivity contribution in [1.29, 1.82) is 0 Å². The molecule has 0 bridgehead atoms. The Kier molecular flexibility index (Phi) is 2.09. The third kappa shape index (κ3) is 1.48. The normalized spacial score (nSPS) is 16.8. The van der Waals surface area contributed by atoms with Crippen molar-refractivity contribution in [2.24, 2.45) is 5.92 Å². The summed E-state index contributed by atoms with van der Waals surface area (Å²) in [5.41, 5.74) is 0.988. The Balaban J connectivity index is 2.15. The van der Waals surface area contributed by atoms with Crippen LogP contribution >= 0.6 is 0 Å². The molecule has 2 rings (SSSR count). The molecule has 1 heterocycles. The van der Waals surface area contributed by atoms with Crippen LogP contribution in [-0.4, -0.2) is 12.1 Å². The first-order chi connectivity index (χ1) is 5.92.